The Balaban J connectivity index is 1.68. The van der Waals surface area contributed by atoms with E-state index in [2.05, 4.69) is 26.1 Å². The average molecular weight is 380 g/mol. The van der Waals surface area contributed by atoms with E-state index in [1.165, 1.54) is 0 Å². The van der Waals surface area contributed by atoms with Crippen LogP contribution in [0.25, 0.3) is 11.4 Å². The minimum Gasteiger partial charge on any atom is -0.375 e. The van der Waals surface area contributed by atoms with Crippen molar-refractivity contribution in [1.29, 1.82) is 0 Å². The highest BCUT2D eigenvalue weighted by Gasteiger charge is 2.44. The summed E-state index contributed by atoms with van der Waals surface area (Å²) in [6.07, 6.45) is -0.158. The zero-order valence-corrected chi connectivity index (χ0v) is 14.4. The molecular weight excluding hydrogens is 366 g/mol. The maximum atomic E-state index is 6.29. The highest BCUT2D eigenvalue weighted by Crippen LogP contribution is 2.36. The van der Waals surface area contributed by atoms with Gasteiger partial charge in [-0.25, -0.2) is 4.68 Å². The van der Waals surface area contributed by atoms with Crippen molar-refractivity contribution in [3.63, 3.8) is 0 Å². The predicted octanol–water partition coefficient (Wildman–Crippen LogP) is 0.869. The number of nitrogens with one attached hydrogen (secondary N) is 1. The van der Waals surface area contributed by atoms with Crippen LogP contribution in [0.4, 0.5) is 0 Å². The van der Waals surface area contributed by atoms with Crippen molar-refractivity contribution in [3.8, 4) is 11.4 Å². The number of benzene rings is 1. The fourth-order valence-electron chi connectivity index (χ4n) is 2.94. The molecule has 4 rings (SSSR count). The van der Waals surface area contributed by atoms with Crippen LogP contribution in [0, 0.1) is 0 Å². The predicted molar refractivity (Wildman–Crippen MR) is 93.9 cm³/mol. The van der Waals surface area contributed by atoms with Crippen LogP contribution in [0.3, 0.4) is 0 Å². The molecule has 130 valence electrons. The molecule has 2 fully saturated rings. The third-order valence-electron chi connectivity index (χ3n) is 4.06. The van der Waals surface area contributed by atoms with E-state index in [-0.39, 0.29) is 17.3 Å². The van der Waals surface area contributed by atoms with Crippen molar-refractivity contribution in [2.24, 2.45) is 10.8 Å². The third-order valence-corrected chi connectivity index (χ3v) is 4.48. The summed E-state index contributed by atoms with van der Waals surface area (Å²) in [7, 11) is 0. The first-order valence-corrected chi connectivity index (χ1v) is 8.34. The number of nitrogens with zero attached hydrogens (tertiary/aromatic N) is 5. The summed E-state index contributed by atoms with van der Waals surface area (Å²) in [4.78, 5) is 0. The summed E-state index contributed by atoms with van der Waals surface area (Å²) in [6.45, 7) is 0.420. The Morgan fingerprint density at radius 1 is 1.44 bits per heavy atom. The van der Waals surface area contributed by atoms with Crippen LogP contribution < -0.4 is 11.2 Å². The number of hydrogen-bond acceptors (Lipinski definition) is 7. The molecule has 1 aromatic heterocycles. The van der Waals surface area contributed by atoms with E-state index in [1.54, 1.807) is 10.7 Å². The van der Waals surface area contributed by atoms with Gasteiger partial charge < -0.3 is 15.2 Å². The first-order chi connectivity index (χ1) is 12.1. The molecule has 3 N–H and O–H groups in total. The normalized spacial score (nSPS) is 26.8. The Kier molecular flexibility index (Phi) is 4.34. The van der Waals surface area contributed by atoms with Gasteiger partial charge in [0.25, 0.3) is 0 Å². The Labute approximate surface area is 153 Å². The maximum absolute atomic E-state index is 6.29. The lowest BCUT2D eigenvalue weighted by Crippen LogP contribution is -2.39. The van der Waals surface area contributed by atoms with Crippen LogP contribution in [0.2, 0.25) is 5.02 Å². The van der Waals surface area contributed by atoms with E-state index in [4.69, 9.17) is 39.0 Å². The van der Waals surface area contributed by atoms with Gasteiger partial charge in [0.2, 0.25) is 0 Å². The third kappa shape index (κ3) is 3.09. The fraction of sp³-hybridized carbons (Fsp3) is 0.357. The molecule has 2 aliphatic rings. The van der Waals surface area contributed by atoms with E-state index < -0.39 is 6.29 Å². The molecule has 2 aliphatic heterocycles. The number of nitrogens with two attached hydrogens (primary N) is 1. The lowest BCUT2D eigenvalue weighted by atomic mass is 10.0. The van der Waals surface area contributed by atoms with Crippen LogP contribution in [0.15, 0.2) is 29.4 Å². The molecule has 0 radical (unpaired) electrons. The Morgan fingerprint density at radius 2 is 2.28 bits per heavy atom. The standard InChI is InChI=1S/C14H14ClN7O2S/c15-8-4-2-1-3-7(8)12-18-20-21-22(12)10-5-9(17-19-14(16)25)13-23-6-11(10)24-13/h1-4,10-11,13H,5-6H2,(H3,16,19,25)/b17-9-/t10-,11+,13-/m0/s1. The molecule has 2 saturated heterocycles. The van der Waals surface area contributed by atoms with Crippen molar-refractivity contribution in [1.82, 2.24) is 25.6 Å². The van der Waals surface area contributed by atoms with E-state index in [1.807, 2.05) is 18.2 Å². The Bertz CT molecular complexity index is 842. The highest BCUT2D eigenvalue weighted by molar-refractivity contribution is 7.80. The zero-order valence-electron chi connectivity index (χ0n) is 12.9. The average Bonchev–Trinajstić information content (AvgIpc) is 3.23. The second kappa shape index (κ2) is 6.64. The largest absolute Gasteiger partial charge is 0.375 e. The first kappa shape index (κ1) is 16.3. The maximum Gasteiger partial charge on any atom is 0.199 e. The molecule has 11 heteroatoms. The lowest BCUT2D eigenvalue weighted by molar-refractivity contribution is -0.0320. The number of tetrazole rings is 1. The number of hydrogen-bond donors (Lipinski definition) is 2. The van der Waals surface area contributed by atoms with Crippen molar-refractivity contribution < 1.29 is 9.47 Å². The molecule has 1 aromatic carbocycles. The van der Waals surface area contributed by atoms with Crippen LogP contribution in [0.5, 0.6) is 0 Å². The molecule has 9 nitrogen and oxygen atoms in total. The van der Waals surface area contributed by atoms with E-state index in [0.717, 1.165) is 5.56 Å². The summed E-state index contributed by atoms with van der Waals surface area (Å²) >= 11 is 11.1. The van der Waals surface area contributed by atoms with Crippen molar-refractivity contribution in [2.45, 2.75) is 24.9 Å². The molecule has 0 amide bonds. The van der Waals surface area contributed by atoms with E-state index in [9.17, 15) is 0 Å². The van der Waals surface area contributed by atoms with Crippen LogP contribution >= 0.6 is 23.8 Å². The summed E-state index contributed by atoms with van der Waals surface area (Å²) in [5.74, 6) is 0.561. The molecule has 25 heavy (non-hydrogen) atoms. The second-order valence-corrected chi connectivity index (χ2v) is 6.46. The molecule has 2 aromatic rings. The minimum absolute atomic E-state index is 0.0725. The number of aromatic nitrogens is 4. The molecular formula is C14H14ClN7O2S. The van der Waals surface area contributed by atoms with Gasteiger partial charge in [0.05, 0.1) is 23.4 Å². The quantitative estimate of drug-likeness (QED) is 0.596. The van der Waals surface area contributed by atoms with Gasteiger partial charge in [-0.05, 0) is 34.8 Å². The summed E-state index contributed by atoms with van der Waals surface area (Å²) < 4.78 is 13.2. The van der Waals surface area contributed by atoms with Crippen molar-refractivity contribution in [3.05, 3.63) is 29.3 Å². The van der Waals surface area contributed by atoms with E-state index >= 15 is 0 Å². The van der Waals surface area contributed by atoms with Crippen LogP contribution in [0.1, 0.15) is 12.5 Å². The van der Waals surface area contributed by atoms with Gasteiger partial charge in [-0.2, -0.15) is 5.10 Å². The smallest absolute Gasteiger partial charge is 0.199 e. The molecule has 0 unspecified atom stereocenters. The SMILES string of the molecule is NC(=S)N/N=C1/C[C@H](n2nnnc2-c2ccccc2Cl)[C@H]2CO[C@H]1O2. The number of thiocarbonyl (C=S) groups is 1. The molecule has 3 atom stereocenters. The molecule has 3 heterocycles. The van der Waals surface area contributed by atoms with Gasteiger partial charge in [-0.3, -0.25) is 5.43 Å². The number of ether oxygens (including phenoxy) is 2. The summed E-state index contributed by atoms with van der Waals surface area (Å²) in [5, 5.41) is 16.9. The summed E-state index contributed by atoms with van der Waals surface area (Å²) in [5.41, 5.74) is 9.40. The number of fused-ring (bicyclic) bond motifs is 2. The Morgan fingerprint density at radius 3 is 3.08 bits per heavy atom. The van der Waals surface area contributed by atoms with Crippen molar-refractivity contribution >= 4 is 34.6 Å². The zero-order chi connectivity index (χ0) is 17.4. The molecule has 2 bridgehead atoms. The fourth-order valence-corrected chi connectivity index (χ4v) is 3.21. The molecule has 0 spiro atoms. The number of hydrazone groups is 1. The second-order valence-electron chi connectivity index (χ2n) is 5.62. The Hall–Kier alpha value is -2.14. The van der Waals surface area contributed by atoms with Gasteiger partial charge in [0.1, 0.15) is 6.10 Å². The topological polar surface area (TPSA) is 112 Å². The van der Waals surface area contributed by atoms with Crippen LogP contribution in [-0.4, -0.2) is 50.0 Å². The first-order valence-electron chi connectivity index (χ1n) is 7.55. The van der Waals surface area contributed by atoms with Gasteiger partial charge in [-0.15, -0.1) is 5.10 Å². The lowest BCUT2D eigenvalue weighted by Gasteiger charge is -2.28. The molecule has 0 aliphatic carbocycles. The van der Waals surface area contributed by atoms with E-state index in [0.29, 0.717) is 29.6 Å². The number of rotatable bonds is 3. The minimum atomic E-state index is -0.511. The highest BCUT2D eigenvalue weighted by atomic mass is 35.5. The van der Waals surface area contributed by atoms with Crippen molar-refractivity contribution in [2.75, 3.05) is 6.61 Å². The molecule has 0 saturated carbocycles. The summed E-state index contributed by atoms with van der Waals surface area (Å²) in [6, 6.07) is 7.20. The van der Waals surface area contributed by atoms with Gasteiger partial charge >= 0.3 is 0 Å². The van der Waals surface area contributed by atoms with Gasteiger partial charge in [0, 0.05) is 12.0 Å². The van der Waals surface area contributed by atoms with Crippen LogP contribution in [-0.2, 0) is 9.47 Å². The van der Waals surface area contributed by atoms with Gasteiger partial charge in [-0.1, -0.05) is 23.7 Å². The monoisotopic (exact) mass is 379 g/mol. The van der Waals surface area contributed by atoms with Gasteiger partial charge in [0.15, 0.2) is 17.2 Å². The number of halogens is 1.